The third kappa shape index (κ3) is 3.74. The van der Waals surface area contributed by atoms with Crippen LogP contribution in [0.15, 0.2) is 5.38 Å². The summed E-state index contributed by atoms with van der Waals surface area (Å²) in [5.74, 6) is -0.105. The first kappa shape index (κ1) is 10.5. The van der Waals surface area contributed by atoms with E-state index in [0.29, 0.717) is 6.54 Å². The number of hydrogen-bond acceptors (Lipinski definition) is 3. The molecule has 0 atom stereocenters. The molecule has 0 spiro atoms. The monoisotopic (exact) mass is 218 g/mol. The molecule has 0 saturated carbocycles. The van der Waals surface area contributed by atoms with Crippen molar-refractivity contribution in [3.05, 3.63) is 16.1 Å². The van der Waals surface area contributed by atoms with Gasteiger partial charge in [-0.05, 0) is 6.92 Å². The van der Waals surface area contributed by atoms with Crippen molar-refractivity contribution >= 4 is 28.8 Å². The largest absolute Gasteiger partial charge is 0.355 e. The second-order valence-electron chi connectivity index (χ2n) is 2.62. The van der Waals surface area contributed by atoms with Gasteiger partial charge in [-0.25, -0.2) is 4.98 Å². The van der Waals surface area contributed by atoms with Gasteiger partial charge < -0.3 is 5.32 Å². The molecular weight excluding hydrogens is 208 g/mol. The molecule has 0 bridgehead atoms. The van der Waals surface area contributed by atoms with Gasteiger partial charge in [0.1, 0.15) is 5.88 Å². The molecule has 1 aromatic heterocycles. The van der Waals surface area contributed by atoms with Gasteiger partial charge >= 0.3 is 0 Å². The first-order valence-electron chi connectivity index (χ1n) is 3.96. The second kappa shape index (κ2) is 5.19. The highest BCUT2D eigenvalue weighted by Gasteiger charge is 2.00. The summed E-state index contributed by atoms with van der Waals surface area (Å²) in [6.07, 6.45) is 0.779. The lowest BCUT2D eigenvalue weighted by Crippen LogP contribution is -2.26. The molecule has 0 fully saturated rings. The maximum absolute atomic E-state index is 10.7. The van der Waals surface area contributed by atoms with Crippen LogP contribution < -0.4 is 5.32 Å². The number of nitrogens with one attached hydrogen (secondary N) is 1. The Morgan fingerprint density at radius 2 is 2.54 bits per heavy atom. The average molecular weight is 219 g/mol. The number of amides is 1. The second-order valence-corrected chi connectivity index (χ2v) is 3.83. The van der Waals surface area contributed by atoms with Gasteiger partial charge in [-0.15, -0.1) is 22.9 Å². The molecule has 0 radical (unpaired) electrons. The number of nitrogens with zero attached hydrogens (tertiary/aromatic N) is 1. The Labute approximate surface area is 86.1 Å². The van der Waals surface area contributed by atoms with E-state index in [4.69, 9.17) is 11.6 Å². The molecule has 0 saturated heterocycles. The summed E-state index contributed by atoms with van der Waals surface area (Å²) in [7, 11) is 0. The number of alkyl halides is 1. The summed E-state index contributed by atoms with van der Waals surface area (Å²) in [4.78, 5) is 15.0. The minimum absolute atomic E-state index is 0.0247. The number of hydrogen-bond donors (Lipinski definition) is 1. The van der Waals surface area contributed by atoms with Gasteiger partial charge in [-0.3, -0.25) is 4.79 Å². The highest BCUT2D eigenvalue weighted by molar-refractivity contribution is 7.09. The summed E-state index contributed by atoms with van der Waals surface area (Å²) in [6.45, 7) is 2.57. The maximum atomic E-state index is 10.7. The van der Waals surface area contributed by atoms with Crippen LogP contribution in [-0.2, 0) is 11.2 Å². The van der Waals surface area contributed by atoms with Gasteiger partial charge in [0.15, 0.2) is 0 Å². The minimum atomic E-state index is -0.130. The van der Waals surface area contributed by atoms with Gasteiger partial charge in [0.2, 0.25) is 5.91 Å². The molecule has 1 rings (SSSR count). The molecule has 0 unspecified atom stereocenters. The van der Waals surface area contributed by atoms with Crippen LogP contribution in [0.2, 0.25) is 0 Å². The van der Waals surface area contributed by atoms with E-state index in [9.17, 15) is 4.79 Å². The van der Waals surface area contributed by atoms with E-state index in [0.717, 1.165) is 17.1 Å². The van der Waals surface area contributed by atoms with Crippen molar-refractivity contribution in [2.45, 2.75) is 13.3 Å². The van der Waals surface area contributed by atoms with E-state index >= 15 is 0 Å². The molecule has 5 heteroatoms. The molecule has 0 aliphatic carbocycles. The van der Waals surface area contributed by atoms with Crippen LogP contribution in [0.5, 0.6) is 0 Å². The maximum Gasteiger partial charge on any atom is 0.234 e. The van der Waals surface area contributed by atoms with E-state index < -0.39 is 0 Å². The highest BCUT2D eigenvalue weighted by Crippen LogP contribution is 2.08. The zero-order valence-corrected chi connectivity index (χ0v) is 8.91. The number of aryl methyl sites for hydroxylation is 1. The van der Waals surface area contributed by atoms with Crippen LogP contribution in [-0.4, -0.2) is 23.3 Å². The number of carbonyl (C=O) groups is 1. The first-order chi connectivity index (χ1) is 6.22. The van der Waals surface area contributed by atoms with E-state index in [-0.39, 0.29) is 11.8 Å². The predicted octanol–water partition coefficient (Wildman–Crippen LogP) is 1.35. The molecule has 1 aromatic rings. The van der Waals surface area contributed by atoms with E-state index in [1.807, 2.05) is 12.3 Å². The average Bonchev–Trinajstić information content (AvgIpc) is 2.51. The van der Waals surface area contributed by atoms with Crippen molar-refractivity contribution < 1.29 is 4.79 Å². The number of carbonyl (C=O) groups excluding carboxylic acids is 1. The van der Waals surface area contributed by atoms with Gasteiger partial charge in [-0.1, -0.05) is 0 Å². The minimum Gasteiger partial charge on any atom is -0.355 e. The zero-order chi connectivity index (χ0) is 9.68. The highest BCUT2D eigenvalue weighted by atomic mass is 35.5. The standard InChI is InChI=1S/C8H11ClN2OS/c1-6-5-13-8(11-6)2-3-10-7(12)4-9/h5H,2-4H2,1H3,(H,10,12). The zero-order valence-electron chi connectivity index (χ0n) is 7.34. The summed E-state index contributed by atoms with van der Waals surface area (Å²) in [5, 5.41) is 5.73. The number of halogens is 1. The van der Waals surface area contributed by atoms with Crippen LogP contribution in [0, 0.1) is 6.92 Å². The molecule has 1 amide bonds. The van der Waals surface area contributed by atoms with Crippen molar-refractivity contribution in [1.82, 2.24) is 10.3 Å². The molecule has 1 N–H and O–H groups in total. The SMILES string of the molecule is Cc1csc(CCNC(=O)CCl)n1. The lowest BCUT2D eigenvalue weighted by atomic mass is 10.4. The van der Waals surface area contributed by atoms with Gasteiger partial charge in [0, 0.05) is 24.0 Å². The third-order valence-electron chi connectivity index (χ3n) is 1.45. The summed E-state index contributed by atoms with van der Waals surface area (Å²) in [5.41, 5.74) is 1.03. The Morgan fingerprint density at radius 1 is 1.77 bits per heavy atom. The fourth-order valence-corrected chi connectivity index (χ4v) is 1.74. The van der Waals surface area contributed by atoms with Crippen molar-refractivity contribution in [3.8, 4) is 0 Å². The van der Waals surface area contributed by atoms with Crippen molar-refractivity contribution in [3.63, 3.8) is 0 Å². The molecule has 0 aliphatic rings. The lowest BCUT2D eigenvalue weighted by molar-refractivity contribution is -0.118. The van der Waals surface area contributed by atoms with Crippen molar-refractivity contribution in [2.24, 2.45) is 0 Å². The van der Waals surface area contributed by atoms with Gasteiger partial charge in [0.25, 0.3) is 0 Å². The Balaban J connectivity index is 2.24. The summed E-state index contributed by atoms with van der Waals surface area (Å²) < 4.78 is 0. The first-order valence-corrected chi connectivity index (χ1v) is 5.37. The topological polar surface area (TPSA) is 42.0 Å². The Hall–Kier alpha value is -0.610. The summed E-state index contributed by atoms with van der Waals surface area (Å²) >= 11 is 6.93. The van der Waals surface area contributed by atoms with E-state index in [1.54, 1.807) is 11.3 Å². The van der Waals surface area contributed by atoms with Crippen LogP contribution >= 0.6 is 22.9 Å². The van der Waals surface area contributed by atoms with Crippen molar-refractivity contribution in [2.75, 3.05) is 12.4 Å². The fourth-order valence-electron chi connectivity index (χ4n) is 0.874. The normalized spacial score (nSPS) is 10.0. The van der Waals surface area contributed by atoms with E-state index in [2.05, 4.69) is 10.3 Å². The predicted molar refractivity (Wildman–Crippen MR) is 54.3 cm³/mol. The van der Waals surface area contributed by atoms with E-state index in [1.165, 1.54) is 0 Å². The van der Waals surface area contributed by atoms with Crippen LogP contribution in [0.25, 0.3) is 0 Å². The van der Waals surface area contributed by atoms with Crippen LogP contribution in [0.1, 0.15) is 10.7 Å². The third-order valence-corrected chi connectivity index (χ3v) is 2.72. The Bertz CT molecular complexity index is 287. The number of thiazole rings is 1. The molecule has 13 heavy (non-hydrogen) atoms. The molecule has 3 nitrogen and oxygen atoms in total. The summed E-state index contributed by atoms with van der Waals surface area (Å²) in [6, 6.07) is 0. The molecule has 0 aliphatic heterocycles. The molecule has 0 aromatic carbocycles. The van der Waals surface area contributed by atoms with Crippen LogP contribution in [0.4, 0.5) is 0 Å². The van der Waals surface area contributed by atoms with Crippen LogP contribution in [0.3, 0.4) is 0 Å². The molecule has 1 heterocycles. The Morgan fingerprint density at radius 3 is 3.08 bits per heavy atom. The Kier molecular flexibility index (Phi) is 4.18. The molecular formula is C8H11ClN2OS. The fraction of sp³-hybridized carbons (Fsp3) is 0.500. The number of rotatable bonds is 4. The van der Waals surface area contributed by atoms with Gasteiger partial charge in [-0.2, -0.15) is 0 Å². The smallest absolute Gasteiger partial charge is 0.234 e. The van der Waals surface area contributed by atoms with Crippen molar-refractivity contribution in [1.29, 1.82) is 0 Å². The number of aromatic nitrogens is 1. The quantitative estimate of drug-likeness (QED) is 0.776. The van der Waals surface area contributed by atoms with Gasteiger partial charge in [0.05, 0.1) is 5.01 Å². The molecule has 72 valence electrons. The lowest BCUT2D eigenvalue weighted by Gasteiger charge is -1.99.